The van der Waals surface area contributed by atoms with Crippen LogP contribution in [0.5, 0.6) is 5.75 Å². The van der Waals surface area contributed by atoms with Gasteiger partial charge < -0.3 is 5.11 Å². The minimum absolute atomic E-state index is 0.0518. The van der Waals surface area contributed by atoms with Gasteiger partial charge in [0.25, 0.3) is 0 Å². The first-order valence-electron chi connectivity index (χ1n) is 6.08. The number of aromatic hydroxyl groups is 1. The molecule has 1 heteroatoms. The van der Waals surface area contributed by atoms with Gasteiger partial charge in [-0.25, -0.2) is 0 Å². The SMILES string of the molecule is C=Cc1ccc(C(C)(C)C)c(O)c1C(C)(C)C. The third-order valence-electron chi connectivity index (χ3n) is 2.99. The summed E-state index contributed by atoms with van der Waals surface area (Å²) in [6.07, 6.45) is 1.81. The maximum atomic E-state index is 10.5. The fourth-order valence-electron chi connectivity index (χ4n) is 2.17. The third-order valence-corrected chi connectivity index (χ3v) is 2.99. The molecule has 1 N–H and O–H groups in total. The first kappa shape index (κ1) is 13.8. The quantitative estimate of drug-likeness (QED) is 0.748. The molecule has 0 amide bonds. The van der Waals surface area contributed by atoms with Crippen molar-refractivity contribution in [1.82, 2.24) is 0 Å². The van der Waals surface area contributed by atoms with Crippen molar-refractivity contribution in [3.05, 3.63) is 35.4 Å². The first-order chi connectivity index (χ1) is 7.59. The van der Waals surface area contributed by atoms with Crippen LogP contribution in [0, 0.1) is 0 Å². The van der Waals surface area contributed by atoms with E-state index in [2.05, 4.69) is 48.1 Å². The summed E-state index contributed by atoms with van der Waals surface area (Å²) in [6, 6.07) is 4.05. The number of phenols is 1. The second kappa shape index (κ2) is 4.21. The predicted octanol–water partition coefficient (Wildman–Crippen LogP) is 4.63. The van der Waals surface area contributed by atoms with Gasteiger partial charge in [-0.05, 0) is 22.0 Å². The van der Waals surface area contributed by atoms with Crippen molar-refractivity contribution in [2.24, 2.45) is 0 Å². The highest BCUT2D eigenvalue weighted by Gasteiger charge is 2.27. The molecule has 1 aromatic carbocycles. The number of hydrogen-bond acceptors (Lipinski definition) is 1. The van der Waals surface area contributed by atoms with Crippen LogP contribution in [0.3, 0.4) is 0 Å². The maximum absolute atomic E-state index is 10.5. The summed E-state index contributed by atoms with van der Waals surface area (Å²) in [4.78, 5) is 0. The van der Waals surface area contributed by atoms with E-state index in [4.69, 9.17) is 0 Å². The van der Waals surface area contributed by atoms with Gasteiger partial charge in [-0.3, -0.25) is 0 Å². The summed E-state index contributed by atoms with van der Waals surface area (Å²) in [7, 11) is 0. The van der Waals surface area contributed by atoms with Crippen LogP contribution in [0.1, 0.15) is 58.2 Å². The summed E-state index contributed by atoms with van der Waals surface area (Å²) < 4.78 is 0. The van der Waals surface area contributed by atoms with Crippen molar-refractivity contribution in [1.29, 1.82) is 0 Å². The van der Waals surface area contributed by atoms with Crippen LogP contribution in [0.2, 0.25) is 0 Å². The normalized spacial score (nSPS) is 12.6. The van der Waals surface area contributed by atoms with Crippen molar-refractivity contribution < 1.29 is 5.11 Å². The molecule has 0 spiro atoms. The molecule has 0 radical (unpaired) electrons. The lowest BCUT2D eigenvalue weighted by Crippen LogP contribution is -2.18. The van der Waals surface area contributed by atoms with E-state index in [9.17, 15) is 5.11 Å². The van der Waals surface area contributed by atoms with Crippen molar-refractivity contribution in [2.45, 2.75) is 52.4 Å². The summed E-state index contributed by atoms with van der Waals surface area (Å²) in [6.45, 7) is 16.5. The monoisotopic (exact) mass is 232 g/mol. The average Bonchev–Trinajstić information content (AvgIpc) is 2.12. The Morgan fingerprint density at radius 3 is 1.88 bits per heavy atom. The number of benzene rings is 1. The van der Waals surface area contributed by atoms with Gasteiger partial charge in [0.15, 0.2) is 0 Å². The van der Waals surface area contributed by atoms with Crippen molar-refractivity contribution >= 4 is 6.08 Å². The Labute approximate surface area is 105 Å². The molecule has 0 unspecified atom stereocenters. The zero-order valence-corrected chi connectivity index (χ0v) is 11.9. The molecule has 17 heavy (non-hydrogen) atoms. The molecule has 0 atom stereocenters. The van der Waals surface area contributed by atoms with E-state index in [1.54, 1.807) is 0 Å². The van der Waals surface area contributed by atoms with Crippen molar-refractivity contribution in [3.63, 3.8) is 0 Å². The molecule has 0 aliphatic heterocycles. The lowest BCUT2D eigenvalue weighted by atomic mass is 9.77. The van der Waals surface area contributed by atoms with Crippen LogP contribution in [0.25, 0.3) is 6.08 Å². The molecule has 0 aromatic heterocycles. The molecule has 0 aliphatic carbocycles. The van der Waals surface area contributed by atoms with Crippen molar-refractivity contribution in [2.75, 3.05) is 0 Å². The Hall–Kier alpha value is -1.24. The van der Waals surface area contributed by atoms with Crippen LogP contribution >= 0.6 is 0 Å². The molecule has 0 saturated carbocycles. The van der Waals surface area contributed by atoms with Gasteiger partial charge in [-0.15, -0.1) is 0 Å². The van der Waals surface area contributed by atoms with Gasteiger partial charge >= 0.3 is 0 Å². The van der Waals surface area contributed by atoms with Crippen LogP contribution in [0.4, 0.5) is 0 Å². The van der Waals surface area contributed by atoms with E-state index in [0.29, 0.717) is 5.75 Å². The smallest absolute Gasteiger partial charge is 0.123 e. The summed E-state index contributed by atoms with van der Waals surface area (Å²) >= 11 is 0. The van der Waals surface area contributed by atoms with Gasteiger partial charge in [0.2, 0.25) is 0 Å². The highest BCUT2D eigenvalue weighted by Crippen LogP contribution is 2.41. The highest BCUT2D eigenvalue weighted by molar-refractivity contribution is 5.62. The standard InChI is InChI=1S/C16H24O/c1-8-11-9-10-12(15(2,3)4)14(17)13(11)16(5,6)7/h8-10,17H,1H2,2-7H3. The molecule has 0 aliphatic rings. The van der Waals surface area contributed by atoms with E-state index < -0.39 is 0 Å². The molecule has 0 fully saturated rings. The van der Waals surface area contributed by atoms with Crippen LogP contribution in [-0.4, -0.2) is 5.11 Å². The lowest BCUT2D eigenvalue weighted by Gasteiger charge is -2.28. The molecule has 1 rings (SSSR count). The second-order valence-electron chi connectivity index (χ2n) is 6.63. The minimum Gasteiger partial charge on any atom is -0.507 e. The Balaban J connectivity index is 3.61. The molecular weight excluding hydrogens is 208 g/mol. The van der Waals surface area contributed by atoms with E-state index in [-0.39, 0.29) is 10.8 Å². The van der Waals surface area contributed by atoms with E-state index in [1.165, 1.54) is 0 Å². The highest BCUT2D eigenvalue weighted by atomic mass is 16.3. The predicted molar refractivity (Wildman–Crippen MR) is 75.6 cm³/mol. The Morgan fingerprint density at radius 1 is 1.00 bits per heavy atom. The first-order valence-corrected chi connectivity index (χ1v) is 6.08. The van der Waals surface area contributed by atoms with E-state index >= 15 is 0 Å². The second-order valence-corrected chi connectivity index (χ2v) is 6.63. The number of rotatable bonds is 1. The molecule has 1 aromatic rings. The zero-order chi connectivity index (χ0) is 13.4. The molecule has 0 saturated heterocycles. The summed E-state index contributed by atoms with van der Waals surface area (Å²) in [5, 5.41) is 10.5. The maximum Gasteiger partial charge on any atom is 0.123 e. The minimum atomic E-state index is -0.0884. The Kier molecular flexibility index (Phi) is 3.42. The number of phenolic OH excluding ortho intramolecular Hbond substituents is 1. The lowest BCUT2D eigenvalue weighted by molar-refractivity contribution is 0.423. The summed E-state index contributed by atoms with van der Waals surface area (Å²) in [5.74, 6) is 0.419. The van der Waals surface area contributed by atoms with Gasteiger partial charge in [-0.1, -0.05) is 66.3 Å². The molecular formula is C16H24O. The molecule has 0 heterocycles. The van der Waals surface area contributed by atoms with Crippen molar-refractivity contribution in [3.8, 4) is 5.75 Å². The van der Waals surface area contributed by atoms with Crippen LogP contribution < -0.4 is 0 Å². The summed E-state index contributed by atoms with van der Waals surface area (Å²) in [5.41, 5.74) is 2.86. The molecule has 1 nitrogen and oxygen atoms in total. The molecule has 0 bridgehead atoms. The molecule has 94 valence electrons. The fraction of sp³-hybridized carbons (Fsp3) is 0.500. The van der Waals surface area contributed by atoms with Gasteiger partial charge in [-0.2, -0.15) is 0 Å². The average molecular weight is 232 g/mol. The van der Waals surface area contributed by atoms with Gasteiger partial charge in [0.05, 0.1) is 0 Å². The van der Waals surface area contributed by atoms with Crippen LogP contribution in [0.15, 0.2) is 18.7 Å². The van der Waals surface area contributed by atoms with E-state index in [0.717, 1.165) is 16.7 Å². The largest absolute Gasteiger partial charge is 0.507 e. The topological polar surface area (TPSA) is 20.2 Å². The van der Waals surface area contributed by atoms with Gasteiger partial charge in [0, 0.05) is 5.56 Å². The fourth-order valence-corrected chi connectivity index (χ4v) is 2.17. The van der Waals surface area contributed by atoms with E-state index in [1.807, 2.05) is 18.2 Å². The zero-order valence-electron chi connectivity index (χ0n) is 11.9. The number of hydrogen-bond donors (Lipinski definition) is 1. The van der Waals surface area contributed by atoms with Crippen LogP contribution in [-0.2, 0) is 10.8 Å². The Bertz CT molecular complexity index is 428. The third kappa shape index (κ3) is 2.71. The Morgan fingerprint density at radius 2 is 1.53 bits per heavy atom. The van der Waals surface area contributed by atoms with Gasteiger partial charge in [0.1, 0.15) is 5.75 Å².